The van der Waals surface area contributed by atoms with Crippen molar-refractivity contribution >= 4 is 23.5 Å². The zero-order valence-electron chi connectivity index (χ0n) is 14.6. The molecule has 0 aliphatic heterocycles. The quantitative estimate of drug-likeness (QED) is 0.743. The summed E-state index contributed by atoms with van der Waals surface area (Å²) in [6.45, 7) is 1.72. The molecule has 0 bridgehead atoms. The van der Waals surface area contributed by atoms with E-state index in [1.807, 2.05) is 31.1 Å². The lowest BCUT2D eigenvalue weighted by Crippen LogP contribution is -2.22. The summed E-state index contributed by atoms with van der Waals surface area (Å²) in [4.78, 5) is 35.1. The molecule has 0 saturated heterocycles. The van der Waals surface area contributed by atoms with Crippen LogP contribution in [-0.2, 0) is 0 Å². The highest BCUT2D eigenvalue weighted by atomic mass is 16.2. The van der Waals surface area contributed by atoms with Crippen LogP contribution in [0.1, 0.15) is 5.82 Å². The van der Waals surface area contributed by atoms with Gasteiger partial charge >= 0.3 is 6.03 Å². The number of anilines is 3. The Kier molecular flexibility index (Phi) is 4.97. The second-order valence-corrected chi connectivity index (χ2v) is 5.62. The highest BCUT2D eigenvalue weighted by Crippen LogP contribution is 2.14. The van der Waals surface area contributed by atoms with E-state index in [0.29, 0.717) is 23.0 Å². The van der Waals surface area contributed by atoms with E-state index in [4.69, 9.17) is 0 Å². The number of nitrogens with zero attached hydrogens (tertiary/aromatic N) is 6. The molecule has 0 aromatic carbocycles. The molecule has 9 heteroatoms. The first-order chi connectivity index (χ1) is 12.5. The average molecular weight is 350 g/mol. The van der Waals surface area contributed by atoms with Crippen molar-refractivity contribution in [3.8, 4) is 11.5 Å². The monoisotopic (exact) mass is 350 g/mol. The average Bonchev–Trinajstić information content (AvgIpc) is 2.62. The number of carbonyl (C=O) groups excluding carboxylic acids is 1. The van der Waals surface area contributed by atoms with Crippen LogP contribution in [0.2, 0.25) is 0 Å². The van der Waals surface area contributed by atoms with Crippen LogP contribution >= 0.6 is 0 Å². The molecule has 132 valence electrons. The third kappa shape index (κ3) is 4.26. The molecule has 0 unspecified atom stereocenters. The first-order valence-electron chi connectivity index (χ1n) is 7.87. The van der Waals surface area contributed by atoms with E-state index in [1.165, 1.54) is 0 Å². The Hall–Kier alpha value is -3.62. The molecular formula is C17H18N8O. The van der Waals surface area contributed by atoms with Gasteiger partial charge in [0, 0.05) is 20.3 Å². The van der Waals surface area contributed by atoms with Crippen molar-refractivity contribution < 1.29 is 4.79 Å². The largest absolute Gasteiger partial charge is 0.363 e. The van der Waals surface area contributed by atoms with Gasteiger partial charge in [-0.1, -0.05) is 6.07 Å². The van der Waals surface area contributed by atoms with Crippen molar-refractivity contribution in [1.82, 2.24) is 24.9 Å². The summed E-state index contributed by atoms with van der Waals surface area (Å²) in [5, 5.41) is 5.29. The lowest BCUT2D eigenvalue weighted by molar-refractivity contribution is 0.262. The molecule has 0 atom stereocenters. The molecule has 2 N–H and O–H groups in total. The van der Waals surface area contributed by atoms with Crippen LogP contribution in [0.15, 0.2) is 42.7 Å². The third-order valence-corrected chi connectivity index (χ3v) is 3.33. The number of amides is 2. The zero-order chi connectivity index (χ0) is 18.5. The Morgan fingerprint density at radius 1 is 1.00 bits per heavy atom. The van der Waals surface area contributed by atoms with Gasteiger partial charge in [0.05, 0.1) is 11.9 Å². The SMILES string of the molecule is Cc1nc(NC(=O)Nc2ccc(N(C)C)nc2)nc(-c2ccccn2)n1. The molecule has 2 amide bonds. The summed E-state index contributed by atoms with van der Waals surface area (Å²) in [6.07, 6.45) is 3.23. The second kappa shape index (κ2) is 7.51. The molecule has 0 saturated carbocycles. The summed E-state index contributed by atoms with van der Waals surface area (Å²) in [5.74, 6) is 1.82. The van der Waals surface area contributed by atoms with Gasteiger partial charge in [0.15, 0.2) is 5.82 Å². The van der Waals surface area contributed by atoms with Crippen LogP contribution in [0, 0.1) is 6.92 Å². The fraction of sp³-hybridized carbons (Fsp3) is 0.176. The maximum Gasteiger partial charge on any atom is 0.326 e. The number of carbonyl (C=O) groups is 1. The van der Waals surface area contributed by atoms with Crippen LogP contribution < -0.4 is 15.5 Å². The molecule has 3 heterocycles. The van der Waals surface area contributed by atoms with Crippen molar-refractivity contribution in [3.05, 3.63) is 48.5 Å². The van der Waals surface area contributed by atoms with Crippen LogP contribution in [0.5, 0.6) is 0 Å². The fourth-order valence-corrected chi connectivity index (χ4v) is 2.14. The fourth-order valence-electron chi connectivity index (χ4n) is 2.14. The maximum atomic E-state index is 12.2. The van der Waals surface area contributed by atoms with Crippen LogP contribution in [0.25, 0.3) is 11.5 Å². The van der Waals surface area contributed by atoms with Crippen molar-refractivity contribution in [3.63, 3.8) is 0 Å². The molecule has 0 spiro atoms. The molecule has 0 aliphatic rings. The molecule has 0 radical (unpaired) electrons. The highest BCUT2D eigenvalue weighted by molar-refractivity contribution is 5.98. The number of aryl methyl sites for hydroxylation is 1. The van der Waals surface area contributed by atoms with E-state index in [9.17, 15) is 4.79 Å². The normalized spacial score (nSPS) is 10.3. The maximum absolute atomic E-state index is 12.2. The Morgan fingerprint density at radius 3 is 2.50 bits per heavy atom. The van der Waals surface area contributed by atoms with Crippen LogP contribution in [0.3, 0.4) is 0 Å². The minimum Gasteiger partial charge on any atom is -0.363 e. The van der Waals surface area contributed by atoms with E-state index >= 15 is 0 Å². The Labute approximate surface area is 150 Å². The van der Waals surface area contributed by atoms with E-state index in [1.54, 1.807) is 37.5 Å². The number of rotatable bonds is 4. The highest BCUT2D eigenvalue weighted by Gasteiger charge is 2.10. The standard InChI is InChI=1S/C17H18N8O/c1-11-20-15(13-6-4-5-9-18-13)23-16(21-11)24-17(26)22-12-7-8-14(19-10-12)25(2)3/h4-10H,1-3H3,(H2,20,21,22,23,24,26). The van der Waals surface area contributed by atoms with E-state index < -0.39 is 6.03 Å². The van der Waals surface area contributed by atoms with Crippen molar-refractivity contribution in [2.24, 2.45) is 0 Å². The predicted octanol–water partition coefficient (Wildman–Crippen LogP) is 2.35. The summed E-state index contributed by atoms with van der Waals surface area (Å²) in [7, 11) is 3.79. The molecule has 0 fully saturated rings. The van der Waals surface area contributed by atoms with E-state index in [2.05, 4.69) is 35.6 Å². The summed E-state index contributed by atoms with van der Waals surface area (Å²) in [6, 6.07) is 8.53. The lowest BCUT2D eigenvalue weighted by Gasteiger charge is -2.12. The van der Waals surface area contributed by atoms with Gasteiger partial charge in [-0.3, -0.25) is 10.3 Å². The van der Waals surface area contributed by atoms with Gasteiger partial charge in [-0.15, -0.1) is 0 Å². The molecule has 9 nitrogen and oxygen atoms in total. The van der Waals surface area contributed by atoms with E-state index in [-0.39, 0.29) is 5.95 Å². The predicted molar refractivity (Wildman–Crippen MR) is 99.0 cm³/mol. The topological polar surface area (TPSA) is 109 Å². The first kappa shape index (κ1) is 17.2. The Balaban J connectivity index is 1.72. The third-order valence-electron chi connectivity index (χ3n) is 3.33. The van der Waals surface area contributed by atoms with Crippen LogP contribution in [0.4, 0.5) is 22.2 Å². The molecule has 26 heavy (non-hydrogen) atoms. The van der Waals surface area contributed by atoms with Gasteiger partial charge in [0.25, 0.3) is 0 Å². The number of nitrogens with one attached hydrogen (secondary N) is 2. The summed E-state index contributed by atoms with van der Waals surface area (Å²) < 4.78 is 0. The van der Waals surface area contributed by atoms with Gasteiger partial charge in [-0.2, -0.15) is 9.97 Å². The zero-order valence-corrected chi connectivity index (χ0v) is 14.6. The number of hydrogen-bond acceptors (Lipinski definition) is 7. The lowest BCUT2D eigenvalue weighted by atomic mass is 10.3. The van der Waals surface area contributed by atoms with E-state index in [0.717, 1.165) is 5.82 Å². The minimum absolute atomic E-state index is 0.147. The number of urea groups is 1. The van der Waals surface area contributed by atoms with Gasteiger partial charge in [-0.05, 0) is 31.2 Å². The Morgan fingerprint density at radius 2 is 1.85 bits per heavy atom. The number of aromatic nitrogens is 5. The van der Waals surface area contributed by atoms with Crippen molar-refractivity contribution in [1.29, 1.82) is 0 Å². The Bertz CT molecular complexity index is 896. The molecule has 3 aromatic heterocycles. The molecular weight excluding hydrogens is 332 g/mol. The van der Waals surface area contributed by atoms with Gasteiger partial charge in [-0.25, -0.2) is 14.8 Å². The molecule has 3 rings (SSSR count). The van der Waals surface area contributed by atoms with Crippen molar-refractivity contribution in [2.75, 3.05) is 29.6 Å². The van der Waals surface area contributed by atoms with Crippen LogP contribution in [-0.4, -0.2) is 45.0 Å². The number of hydrogen-bond donors (Lipinski definition) is 2. The van der Waals surface area contributed by atoms with Gasteiger partial charge in [0.2, 0.25) is 5.95 Å². The van der Waals surface area contributed by atoms with Gasteiger partial charge in [0.1, 0.15) is 17.3 Å². The first-order valence-corrected chi connectivity index (χ1v) is 7.87. The van der Waals surface area contributed by atoms with Gasteiger partial charge < -0.3 is 10.2 Å². The molecule has 0 aliphatic carbocycles. The minimum atomic E-state index is -0.470. The summed E-state index contributed by atoms with van der Waals surface area (Å²) in [5.41, 5.74) is 1.16. The smallest absolute Gasteiger partial charge is 0.326 e. The summed E-state index contributed by atoms with van der Waals surface area (Å²) >= 11 is 0. The molecule has 3 aromatic rings. The van der Waals surface area contributed by atoms with Crippen molar-refractivity contribution in [2.45, 2.75) is 6.92 Å². The number of pyridine rings is 2. The second-order valence-electron chi connectivity index (χ2n) is 5.62.